The van der Waals surface area contributed by atoms with Crippen LogP contribution in [0.25, 0.3) is 0 Å². The Morgan fingerprint density at radius 2 is 1.82 bits per heavy atom. The van der Waals surface area contributed by atoms with Crippen LogP contribution in [0.1, 0.15) is 18.4 Å². The minimum atomic E-state index is -0.471. The molecule has 1 aliphatic carbocycles. The average molecular weight is 253 g/mol. The lowest BCUT2D eigenvalue weighted by atomic mass is 9.95. The van der Waals surface area contributed by atoms with Crippen molar-refractivity contribution in [1.82, 2.24) is 10.9 Å². The normalized spacial score (nSPS) is 16.1. The molecule has 0 atom stereocenters. The zero-order chi connectivity index (χ0) is 12.3. The number of amides is 2. The summed E-state index contributed by atoms with van der Waals surface area (Å²) in [6, 6.07) is 9.57. The SMILES string of the molecule is O=C(CCl)NNC(=O)C1(c2ccccc2)CC1. The predicted molar refractivity (Wildman–Crippen MR) is 64.4 cm³/mol. The van der Waals surface area contributed by atoms with E-state index < -0.39 is 11.3 Å². The molecule has 2 N–H and O–H groups in total. The van der Waals surface area contributed by atoms with Crippen molar-refractivity contribution in [2.24, 2.45) is 0 Å². The molecule has 5 heteroatoms. The Bertz CT molecular complexity index is 429. The summed E-state index contributed by atoms with van der Waals surface area (Å²) < 4.78 is 0. The van der Waals surface area contributed by atoms with Crippen LogP contribution in [0.4, 0.5) is 0 Å². The lowest BCUT2D eigenvalue weighted by Gasteiger charge is -2.15. The van der Waals surface area contributed by atoms with Gasteiger partial charge in [0.2, 0.25) is 5.91 Å². The highest BCUT2D eigenvalue weighted by atomic mass is 35.5. The number of carbonyl (C=O) groups excluding carboxylic acids is 2. The second kappa shape index (κ2) is 4.75. The number of carbonyl (C=O) groups is 2. The quantitative estimate of drug-likeness (QED) is 0.625. The molecule has 0 radical (unpaired) electrons. The molecule has 0 spiro atoms. The van der Waals surface area contributed by atoms with Crippen LogP contribution in [-0.2, 0) is 15.0 Å². The molecule has 0 aromatic heterocycles. The van der Waals surface area contributed by atoms with Gasteiger partial charge in [0, 0.05) is 0 Å². The molecule has 1 aromatic rings. The molecule has 17 heavy (non-hydrogen) atoms. The summed E-state index contributed by atoms with van der Waals surface area (Å²) in [6.45, 7) is 0. The van der Waals surface area contributed by atoms with Crippen LogP contribution in [0.3, 0.4) is 0 Å². The maximum absolute atomic E-state index is 12.0. The minimum absolute atomic E-state index is 0.168. The van der Waals surface area contributed by atoms with Crippen LogP contribution < -0.4 is 10.9 Å². The van der Waals surface area contributed by atoms with Gasteiger partial charge in [0.15, 0.2) is 0 Å². The van der Waals surface area contributed by atoms with Gasteiger partial charge < -0.3 is 0 Å². The van der Waals surface area contributed by atoms with Crippen molar-refractivity contribution in [3.05, 3.63) is 35.9 Å². The van der Waals surface area contributed by atoms with Crippen molar-refractivity contribution in [3.8, 4) is 0 Å². The van der Waals surface area contributed by atoms with Crippen molar-refractivity contribution < 1.29 is 9.59 Å². The number of hydrazine groups is 1. The van der Waals surface area contributed by atoms with Gasteiger partial charge in [-0.3, -0.25) is 20.4 Å². The predicted octanol–water partition coefficient (Wildman–Crippen LogP) is 1.10. The molecule has 2 rings (SSSR count). The van der Waals surface area contributed by atoms with E-state index in [4.69, 9.17) is 11.6 Å². The summed E-state index contributed by atoms with van der Waals surface area (Å²) in [6.07, 6.45) is 1.61. The van der Waals surface area contributed by atoms with Crippen LogP contribution in [0.2, 0.25) is 0 Å². The summed E-state index contributed by atoms with van der Waals surface area (Å²) in [5.41, 5.74) is 5.20. The first-order chi connectivity index (χ1) is 8.19. The van der Waals surface area contributed by atoms with E-state index >= 15 is 0 Å². The van der Waals surface area contributed by atoms with E-state index in [0.717, 1.165) is 18.4 Å². The largest absolute Gasteiger partial charge is 0.272 e. The Kier molecular flexibility index (Phi) is 3.33. The number of alkyl halides is 1. The first-order valence-electron chi connectivity index (χ1n) is 5.40. The van der Waals surface area contributed by atoms with Gasteiger partial charge in [0.25, 0.3) is 5.91 Å². The standard InChI is InChI=1S/C12H13ClN2O2/c13-8-10(16)14-15-11(17)12(6-7-12)9-4-2-1-3-5-9/h1-5H,6-8H2,(H,14,16)(H,15,17). The Morgan fingerprint density at radius 3 is 2.35 bits per heavy atom. The molecule has 90 valence electrons. The fourth-order valence-corrected chi connectivity index (χ4v) is 1.88. The topological polar surface area (TPSA) is 58.2 Å². The van der Waals surface area contributed by atoms with Gasteiger partial charge in [-0.25, -0.2) is 0 Å². The zero-order valence-corrected chi connectivity index (χ0v) is 9.96. The smallest absolute Gasteiger partial charge is 0.253 e. The monoisotopic (exact) mass is 252 g/mol. The first kappa shape index (κ1) is 11.9. The highest BCUT2D eigenvalue weighted by Gasteiger charge is 2.51. The number of halogens is 1. The van der Waals surface area contributed by atoms with Gasteiger partial charge in [0.1, 0.15) is 5.88 Å². The molecule has 1 aromatic carbocycles. The molecule has 0 bridgehead atoms. The Labute approximate surface area is 104 Å². The lowest BCUT2D eigenvalue weighted by molar-refractivity contribution is -0.129. The Morgan fingerprint density at radius 1 is 1.18 bits per heavy atom. The Hall–Kier alpha value is -1.55. The van der Waals surface area contributed by atoms with Crippen molar-refractivity contribution in [1.29, 1.82) is 0 Å². The van der Waals surface area contributed by atoms with Crippen molar-refractivity contribution >= 4 is 23.4 Å². The summed E-state index contributed by atoms with van der Waals surface area (Å²) >= 11 is 5.32. The van der Waals surface area contributed by atoms with E-state index in [1.54, 1.807) is 0 Å². The molecule has 1 saturated carbocycles. The number of hydrogen-bond acceptors (Lipinski definition) is 2. The summed E-state index contributed by atoms with van der Waals surface area (Å²) in [4.78, 5) is 22.9. The van der Waals surface area contributed by atoms with Crippen molar-refractivity contribution in [2.75, 3.05) is 5.88 Å². The minimum Gasteiger partial charge on any atom is -0.272 e. The van der Waals surface area contributed by atoms with Gasteiger partial charge in [-0.05, 0) is 18.4 Å². The second-order valence-corrected chi connectivity index (χ2v) is 4.35. The molecule has 1 aliphatic rings. The third-order valence-corrected chi connectivity index (χ3v) is 3.19. The van der Waals surface area contributed by atoms with Gasteiger partial charge >= 0.3 is 0 Å². The second-order valence-electron chi connectivity index (χ2n) is 4.08. The van der Waals surface area contributed by atoms with Crippen LogP contribution in [0.15, 0.2) is 30.3 Å². The molecular formula is C12H13ClN2O2. The van der Waals surface area contributed by atoms with Crippen molar-refractivity contribution in [2.45, 2.75) is 18.3 Å². The van der Waals surface area contributed by atoms with Crippen LogP contribution in [0.5, 0.6) is 0 Å². The van der Waals surface area contributed by atoms with E-state index in [1.165, 1.54) is 0 Å². The van der Waals surface area contributed by atoms with E-state index in [1.807, 2.05) is 30.3 Å². The fraction of sp³-hybridized carbons (Fsp3) is 0.333. The van der Waals surface area contributed by atoms with Gasteiger partial charge in [-0.1, -0.05) is 30.3 Å². The molecule has 4 nitrogen and oxygen atoms in total. The Balaban J connectivity index is 2.02. The summed E-state index contributed by atoms with van der Waals surface area (Å²) in [5.74, 6) is -0.760. The third-order valence-electron chi connectivity index (χ3n) is 2.95. The van der Waals surface area contributed by atoms with Gasteiger partial charge in [0.05, 0.1) is 5.41 Å². The van der Waals surface area contributed by atoms with Crippen LogP contribution in [-0.4, -0.2) is 17.7 Å². The fourth-order valence-electron chi connectivity index (χ4n) is 1.81. The van der Waals surface area contributed by atoms with Gasteiger partial charge in [-0.15, -0.1) is 11.6 Å². The summed E-state index contributed by atoms with van der Waals surface area (Å²) in [5, 5.41) is 0. The number of benzene rings is 1. The average Bonchev–Trinajstić information content (AvgIpc) is 3.18. The third kappa shape index (κ3) is 2.42. The van der Waals surface area contributed by atoms with Crippen LogP contribution in [0, 0.1) is 0 Å². The zero-order valence-electron chi connectivity index (χ0n) is 9.20. The molecular weight excluding hydrogens is 240 g/mol. The lowest BCUT2D eigenvalue weighted by Crippen LogP contribution is -2.47. The van der Waals surface area contributed by atoms with E-state index in [2.05, 4.69) is 10.9 Å². The van der Waals surface area contributed by atoms with E-state index in [0.29, 0.717) is 0 Å². The van der Waals surface area contributed by atoms with Gasteiger partial charge in [-0.2, -0.15) is 0 Å². The van der Waals surface area contributed by atoms with E-state index in [-0.39, 0.29) is 11.8 Å². The number of rotatable bonds is 3. The molecule has 0 aliphatic heterocycles. The molecule has 0 unspecified atom stereocenters. The molecule has 2 amide bonds. The molecule has 0 saturated heterocycles. The first-order valence-corrected chi connectivity index (χ1v) is 5.93. The van der Waals surface area contributed by atoms with Crippen LogP contribution >= 0.6 is 11.6 Å². The maximum Gasteiger partial charge on any atom is 0.253 e. The van der Waals surface area contributed by atoms with Crippen molar-refractivity contribution in [3.63, 3.8) is 0 Å². The number of hydrogen-bond donors (Lipinski definition) is 2. The molecule has 1 fully saturated rings. The van der Waals surface area contributed by atoms with E-state index in [9.17, 15) is 9.59 Å². The highest BCUT2D eigenvalue weighted by Crippen LogP contribution is 2.48. The maximum atomic E-state index is 12.0. The molecule has 0 heterocycles. The summed E-state index contributed by atoms with van der Waals surface area (Å²) in [7, 11) is 0. The number of nitrogens with one attached hydrogen (secondary N) is 2. The highest BCUT2D eigenvalue weighted by molar-refractivity contribution is 6.27.